The number of hydrogen-bond acceptors (Lipinski definition) is 2. The molecular weight excluding hydrogens is 328 g/mol. The van der Waals surface area contributed by atoms with Gasteiger partial charge >= 0.3 is 0 Å². The van der Waals surface area contributed by atoms with Crippen LogP contribution in [0.3, 0.4) is 0 Å². The van der Waals surface area contributed by atoms with Crippen molar-refractivity contribution >= 4 is 15.9 Å². The number of ether oxygens (including phenoxy) is 1. The van der Waals surface area contributed by atoms with Crippen molar-refractivity contribution in [3.05, 3.63) is 33.8 Å². The Morgan fingerprint density at radius 3 is 2.65 bits per heavy atom. The van der Waals surface area contributed by atoms with Gasteiger partial charge in [-0.1, -0.05) is 6.92 Å². The molecule has 0 spiro atoms. The van der Waals surface area contributed by atoms with Crippen molar-refractivity contribution in [3.63, 3.8) is 0 Å². The van der Waals surface area contributed by atoms with Crippen LogP contribution >= 0.6 is 15.9 Å². The molecule has 1 aromatic rings. The highest BCUT2D eigenvalue weighted by atomic mass is 79.9. The normalized spacial score (nSPS) is 18.2. The van der Waals surface area contributed by atoms with E-state index in [9.17, 15) is 8.78 Å². The van der Waals surface area contributed by atoms with E-state index in [-0.39, 0.29) is 11.0 Å². The van der Waals surface area contributed by atoms with Gasteiger partial charge in [0.25, 0.3) is 0 Å². The monoisotopic (exact) mass is 347 g/mol. The lowest BCUT2D eigenvalue weighted by molar-refractivity contribution is 0.0144. The van der Waals surface area contributed by atoms with Gasteiger partial charge < -0.3 is 10.1 Å². The predicted molar refractivity (Wildman–Crippen MR) is 78.8 cm³/mol. The quantitative estimate of drug-likeness (QED) is 0.820. The molecule has 112 valence electrons. The molecule has 2 nitrogen and oxygen atoms in total. The fraction of sp³-hybridized carbons (Fsp3) is 0.600. The van der Waals surface area contributed by atoms with Crippen LogP contribution in [-0.4, -0.2) is 26.3 Å². The van der Waals surface area contributed by atoms with Gasteiger partial charge in [-0.05, 0) is 59.3 Å². The van der Waals surface area contributed by atoms with Crippen LogP contribution in [0.15, 0.2) is 16.6 Å². The highest BCUT2D eigenvalue weighted by Crippen LogP contribution is 2.36. The summed E-state index contributed by atoms with van der Waals surface area (Å²) in [6.07, 6.45) is 2.05. The standard InChI is InChI=1S/C15H20BrF2NO/c1-2-19-10-15(5-7-20-8-6-15)9-11-13(17)4-3-12(16)14(11)18/h3-4,19H,2,5-10H2,1H3. The largest absolute Gasteiger partial charge is 0.381 e. The zero-order valence-corrected chi connectivity index (χ0v) is 13.2. The lowest BCUT2D eigenvalue weighted by atomic mass is 9.75. The number of hydrogen-bond donors (Lipinski definition) is 1. The minimum absolute atomic E-state index is 0.128. The van der Waals surface area contributed by atoms with Crippen LogP contribution < -0.4 is 5.32 Å². The van der Waals surface area contributed by atoms with Gasteiger partial charge in [-0.3, -0.25) is 0 Å². The number of rotatable bonds is 5. The number of halogens is 3. The summed E-state index contributed by atoms with van der Waals surface area (Å²) in [5, 5.41) is 3.32. The molecular formula is C15H20BrF2NO. The van der Waals surface area contributed by atoms with E-state index in [1.807, 2.05) is 6.92 Å². The first kappa shape index (κ1) is 15.9. The van der Waals surface area contributed by atoms with Gasteiger partial charge in [0.15, 0.2) is 0 Å². The molecule has 1 fully saturated rings. The molecule has 0 aromatic heterocycles. The summed E-state index contributed by atoms with van der Waals surface area (Å²) in [4.78, 5) is 0. The molecule has 0 saturated carbocycles. The third-order valence-corrected chi connectivity index (χ3v) is 4.61. The molecule has 20 heavy (non-hydrogen) atoms. The van der Waals surface area contributed by atoms with Gasteiger partial charge in [0.05, 0.1) is 4.47 Å². The van der Waals surface area contributed by atoms with Crippen molar-refractivity contribution < 1.29 is 13.5 Å². The van der Waals surface area contributed by atoms with Gasteiger partial charge in [-0.15, -0.1) is 0 Å². The van der Waals surface area contributed by atoms with Gasteiger partial charge in [0.2, 0.25) is 0 Å². The van der Waals surface area contributed by atoms with Crippen LogP contribution in [0.1, 0.15) is 25.3 Å². The van der Waals surface area contributed by atoms with Crippen LogP contribution in [0.4, 0.5) is 8.78 Å². The van der Waals surface area contributed by atoms with Gasteiger partial charge in [0.1, 0.15) is 11.6 Å². The zero-order chi connectivity index (χ0) is 14.6. The number of nitrogens with one attached hydrogen (secondary N) is 1. The average molecular weight is 348 g/mol. The summed E-state index contributed by atoms with van der Waals surface area (Å²) in [5.74, 6) is -0.944. The maximum Gasteiger partial charge on any atom is 0.143 e. The fourth-order valence-corrected chi connectivity index (χ4v) is 3.09. The van der Waals surface area contributed by atoms with Crippen molar-refractivity contribution in [1.29, 1.82) is 0 Å². The van der Waals surface area contributed by atoms with Crippen molar-refractivity contribution in [3.8, 4) is 0 Å². The number of benzene rings is 1. The SMILES string of the molecule is CCNCC1(Cc2c(F)ccc(Br)c2F)CCOCC1. The minimum atomic E-state index is -0.479. The Hall–Kier alpha value is -0.520. The highest BCUT2D eigenvalue weighted by molar-refractivity contribution is 9.10. The summed E-state index contributed by atoms with van der Waals surface area (Å²) in [5.41, 5.74) is 0.0516. The molecule has 0 unspecified atom stereocenters. The van der Waals surface area contributed by atoms with E-state index in [4.69, 9.17) is 4.74 Å². The molecule has 1 aliphatic heterocycles. The lowest BCUT2D eigenvalue weighted by Crippen LogP contribution is -2.41. The Morgan fingerprint density at radius 1 is 1.30 bits per heavy atom. The molecule has 0 atom stereocenters. The molecule has 5 heteroatoms. The average Bonchev–Trinajstić information content (AvgIpc) is 2.47. The van der Waals surface area contributed by atoms with Gasteiger partial charge in [0, 0.05) is 25.3 Å². The Labute approximate surface area is 127 Å². The second-order valence-corrected chi connectivity index (χ2v) is 6.25. The van der Waals surface area contributed by atoms with Crippen LogP contribution in [0.5, 0.6) is 0 Å². The van der Waals surface area contributed by atoms with Crippen molar-refractivity contribution in [2.75, 3.05) is 26.3 Å². The van der Waals surface area contributed by atoms with Crippen LogP contribution in [0.25, 0.3) is 0 Å². The van der Waals surface area contributed by atoms with Gasteiger partial charge in [-0.2, -0.15) is 0 Å². The van der Waals surface area contributed by atoms with Crippen molar-refractivity contribution in [2.45, 2.75) is 26.2 Å². The van der Waals surface area contributed by atoms with E-state index < -0.39 is 11.6 Å². The van der Waals surface area contributed by atoms with E-state index in [1.54, 1.807) is 0 Å². The van der Waals surface area contributed by atoms with E-state index in [0.717, 1.165) is 25.9 Å². The summed E-state index contributed by atoms with van der Waals surface area (Å²) < 4.78 is 33.9. The molecule has 1 saturated heterocycles. The molecule has 0 radical (unpaired) electrons. The van der Waals surface area contributed by atoms with Crippen molar-refractivity contribution in [2.24, 2.45) is 5.41 Å². The van der Waals surface area contributed by atoms with Crippen molar-refractivity contribution in [1.82, 2.24) is 5.32 Å². The van der Waals surface area contributed by atoms with Gasteiger partial charge in [-0.25, -0.2) is 8.78 Å². The molecule has 0 bridgehead atoms. The molecule has 2 rings (SSSR count). The predicted octanol–water partition coefficient (Wildman–Crippen LogP) is 3.68. The van der Waals surface area contributed by atoms with E-state index in [1.165, 1.54) is 12.1 Å². The first-order chi connectivity index (χ1) is 9.58. The highest BCUT2D eigenvalue weighted by Gasteiger charge is 2.34. The molecule has 1 N–H and O–H groups in total. The summed E-state index contributed by atoms with van der Waals surface area (Å²) in [6.45, 7) is 4.96. The topological polar surface area (TPSA) is 21.3 Å². The van der Waals surface area contributed by atoms with E-state index in [2.05, 4.69) is 21.2 Å². The Balaban J connectivity index is 2.25. The zero-order valence-electron chi connectivity index (χ0n) is 11.6. The minimum Gasteiger partial charge on any atom is -0.381 e. The lowest BCUT2D eigenvalue weighted by Gasteiger charge is -2.37. The summed E-state index contributed by atoms with van der Waals surface area (Å²) in [7, 11) is 0. The Kier molecular flexibility index (Phi) is 5.52. The Bertz CT molecular complexity index is 461. The summed E-state index contributed by atoms with van der Waals surface area (Å²) in [6, 6.07) is 2.73. The third-order valence-electron chi connectivity index (χ3n) is 3.99. The second kappa shape index (κ2) is 6.96. The van der Waals surface area contributed by atoms with E-state index >= 15 is 0 Å². The van der Waals surface area contributed by atoms with E-state index in [0.29, 0.717) is 24.1 Å². The molecule has 0 aliphatic carbocycles. The van der Waals surface area contributed by atoms with Crippen LogP contribution in [0.2, 0.25) is 0 Å². The maximum atomic E-state index is 14.2. The molecule has 0 amide bonds. The van der Waals surface area contributed by atoms with Crippen LogP contribution in [-0.2, 0) is 11.2 Å². The maximum absolute atomic E-state index is 14.2. The second-order valence-electron chi connectivity index (χ2n) is 5.39. The molecule has 1 aliphatic rings. The summed E-state index contributed by atoms with van der Waals surface area (Å²) >= 11 is 3.13. The first-order valence-corrected chi connectivity index (χ1v) is 7.78. The molecule has 1 heterocycles. The Morgan fingerprint density at radius 2 is 2.00 bits per heavy atom. The smallest absolute Gasteiger partial charge is 0.143 e. The fourth-order valence-electron chi connectivity index (χ4n) is 2.72. The molecule has 1 aromatic carbocycles. The first-order valence-electron chi connectivity index (χ1n) is 6.99. The van der Waals surface area contributed by atoms with Crippen LogP contribution in [0, 0.1) is 17.0 Å². The third kappa shape index (κ3) is 3.57.